The van der Waals surface area contributed by atoms with Crippen molar-refractivity contribution in [3.63, 3.8) is 0 Å². The van der Waals surface area contributed by atoms with Crippen LogP contribution in [-0.2, 0) is 0 Å². The zero-order valence-electron chi connectivity index (χ0n) is 13.9. The maximum atomic E-state index is 12.8. The molecule has 0 atom stereocenters. The standard InChI is InChI=1S/C18H23N5O/c24-17(15-4-9-20-16(12-15)23-14-19-13-21-23)22-10-7-18(8-11-22)5-2-1-3-6-18/h4,9,12-14H,1-3,5-8,10-11H2. The van der Waals surface area contributed by atoms with E-state index in [0.29, 0.717) is 16.8 Å². The van der Waals surface area contributed by atoms with Crippen molar-refractivity contribution >= 4 is 5.91 Å². The quantitative estimate of drug-likeness (QED) is 0.852. The number of nitrogens with zero attached hydrogens (tertiary/aromatic N) is 5. The summed E-state index contributed by atoms with van der Waals surface area (Å²) in [5, 5.41) is 4.07. The summed E-state index contributed by atoms with van der Waals surface area (Å²) >= 11 is 0. The Hall–Kier alpha value is -2.24. The van der Waals surface area contributed by atoms with Gasteiger partial charge < -0.3 is 4.90 Å². The Morgan fingerprint density at radius 2 is 1.88 bits per heavy atom. The topological polar surface area (TPSA) is 63.9 Å². The van der Waals surface area contributed by atoms with Crippen LogP contribution in [-0.4, -0.2) is 43.6 Å². The van der Waals surface area contributed by atoms with Gasteiger partial charge in [0.25, 0.3) is 5.91 Å². The van der Waals surface area contributed by atoms with Crippen LogP contribution in [0.25, 0.3) is 5.82 Å². The molecular formula is C18H23N5O. The number of amides is 1. The van der Waals surface area contributed by atoms with Gasteiger partial charge in [0.05, 0.1) is 0 Å². The van der Waals surface area contributed by atoms with E-state index in [9.17, 15) is 4.79 Å². The molecule has 6 heteroatoms. The summed E-state index contributed by atoms with van der Waals surface area (Å²) in [5.41, 5.74) is 1.19. The maximum absolute atomic E-state index is 12.8. The monoisotopic (exact) mass is 325 g/mol. The highest BCUT2D eigenvalue weighted by molar-refractivity contribution is 5.94. The number of hydrogen-bond acceptors (Lipinski definition) is 4. The highest BCUT2D eigenvalue weighted by atomic mass is 16.2. The van der Waals surface area contributed by atoms with Crippen LogP contribution in [0.1, 0.15) is 55.3 Å². The van der Waals surface area contributed by atoms with E-state index in [-0.39, 0.29) is 5.91 Å². The molecule has 24 heavy (non-hydrogen) atoms. The molecule has 2 aromatic rings. The van der Waals surface area contributed by atoms with Gasteiger partial charge in [0.1, 0.15) is 12.7 Å². The lowest BCUT2D eigenvalue weighted by molar-refractivity contribution is 0.0472. The van der Waals surface area contributed by atoms with Gasteiger partial charge in [-0.3, -0.25) is 4.79 Å². The first-order valence-corrected chi connectivity index (χ1v) is 8.86. The van der Waals surface area contributed by atoms with Crippen molar-refractivity contribution in [2.75, 3.05) is 13.1 Å². The lowest BCUT2D eigenvalue weighted by atomic mass is 9.68. The average Bonchev–Trinajstić information content (AvgIpc) is 3.17. The fourth-order valence-corrected chi connectivity index (χ4v) is 4.17. The number of aromatic nitrogens is 4. The molecule has 0 radical (unpaired) electrons. The summed E-state index contributed by atoms with van der Waals surface area (Å²) in [6, 6.07) is 3.58. The minimum atomic E-state index is 0.101. The largest absolute Gasteiger partial charge is 0.339 e. The van der Waals surface area contributed by atoms with Crippen molar-refractivity contribution in [2.24, 2.45) is 5.41 Å². The zero-order chi connectivity index (χ0) is 16.4. The van der Waals surface area contributed by atoms with E-state index < -0.39 is 0 Å². The number of carbonyl (C=O) groups is 1. The van der Waals surface area contributed by atoms with Crippen molar-refractivity contribution < 1.29 is 4.79 Å². The summed E-state index contributed by atoms with van der Waals surface area (Å²) in [7, 11) is 0. The molecule has 2 aliphatic rings. The molecule has 1 aliphatic heterocycles. The van der Waals surface area contributed by atoms with Crippen molar-refractivity contribution in [3.8, 4) is 5.82 Å². The van der Waals surface area contributed by atoms with Gasteiger partial charge in [0.15, 0.2) is 5.82 Å². The number of likely N-dealkylation sites (tertiary alicyclic amines) is 1. The van der Waals surface area contributed by atoms with Gasteiger partial charge in [-0.05, 0) is 43.2 Å². The summed E-state index contributed by atoms with van der Waals surface area (Å²) in [6.07, 6.45) is 13.8. The van der Waals surface area contributed by atoms with Gasteiger partial charge in [0, 0.05) is 24.8 Å². The number of pyridine rings is 1. The van der Waals surface area contributed by atoms with Crippen LogP contribution >= 0.6 is 0 Å². The second kappa shape index (κ2) is 6.34. The number of rotatable bonds is 2. The summed E-state index contributed by atoms with van der Waals surface area (Å²) in [5.74, 6) is 0.725. The molecule has 0 N–H and O–H groups in total. The Bertz CT molecular complexity index is 696. The number of carbonyl (C=O) groups excluding carboxylic acids is 1. The van der Waals surface area contributed by atoms with E-state index >= 15 is 0 Å². The minimum Gasteiger partial charge on any atom is -0.339 e. The van der Waals surface area contributed by atoms with Crippen LogP contribution in [0.3, 0.4) is 0 Å². The predicted octanol–water partition coefficient (Wildman–Crippen LogP) is 2.85. The van der Waals surface area contributed by atoms with Gasteiger partial charge in [-0.1, -0.05) is 19.3 Å². The Balaban J connectivity index is 1.46. The normalized spacial score (nSPS) is 20.2. The van der Waals surface area contributed by atoms with Crippen molar-refractivity contribution in [1.82, 2.24) is 24.6 Å². The lowest BCUT2D eigenvalue weighted by Crippen LogP contribution is -2.43. The third kappa shape index (κ3) is 2.92. The second-order valence-corrected chi connectivity index (χ2v) is 7.10. The molecule has 2 fully saturated rings. The Kier molecular flexibility index (Phi) is 4.04. The molecule has 4 rings (SSSR count). The fourth-order valence-electron chi connectivity index (χ4n) is 4.17. The van der Waals surface area contributed by atoms with E-state index in [4.69, 9.17) is 0 Å². The van der Waals surface area contributed by atoms with E-state index in [0.717, 1.165) is 25.9 Å². The summed E-state index contributed by atoms with van der Waals surface area (Å²) in [6.45, 7) is 1.75. The van der Waals surface area contributed by atoms with E-state index in [1.54, 1.807) is 29.3 Å². The molecular weight excluding hydrogens is 302 g/mol. The van der Waals surface area contributed by atoms with E-state index in [2.05, 4.69) is 15.1 Å². The first-order chi connectivity index (χ1) is 11.8. The molecule has 1 saturated carbocycles. The molecule has 3 heterocycles. The van der Waals surface area contributed by atoms with Crippen LogP contribution in [0.4, 0.5) is 0 Å². The van der Waals surface area contributed by atoms with Gasteiger partial charge in [-0.15, -0.1) is 0 Å². The predicted molar refractivity (Wildman–Crippen MR) is 89.8 cm³/mol. The second-order valence-electron chi connectivity index (χ2n) is 7.10. The van der Waals surface area contributed by atoms with Crippen LogP contribution in [0.5, 0.6) is 0 Å². The zero-order valence-corrected chi connectivity index (χ0v) is 13.9. The molecule has 0 aromatic carbocycles. The first kappa shape index (κ1) is 15.3. The Morgan fingerprint density at radius 3 is 2.58 bits per heavy atom. The third-order valence-electron chi connectivity index (χ3n) is 5.67. The summed E-state index contributed by atoms with van der Waals surface area (Å²) < 4.78 is 1.57. The van der Waals surface area contributed by atoms with Gasteiger partial charge in [0.2, 0.25) is 0 Å². The van der Waals surface area contributed by atoms with Crippen molar-refractivity contribution in [2.45, 2.75) is 44.9 Å². The lowest BCUT2D eigenvalue weighted by Gasteiger charge is -2.44. The highest BCUT2D eigenvalue weighted by Gasteiger charge is 2.36. The number of hydrogen-bond donors (Lipinski definition) is 0. The minimum absolute atomic E-state index is 0.101. The average molecular weight is 325 g/mol. The smallest absolute Gasteiger partial charge is 0.254 e. The first-order valence-electron chi connectivity index (χ1n) is 8.86. The van der Waals surface area contributed by atoms with Gasteiger partial charge in [-0.2, -0.15) is 5.10 Å². The Morgan fingerprint density at radius 1 is 1.08 bits per heavy atom. The Labute approximate surface area is 141 Å². The molecule has 1 aliphatic carbocycles. The SMILES string of the molecule is O=C(c1ccnc(-n2cncn2)c1)N1CCC2(CCCCC2)CC1. The molecule has 1 saturated heterocycles. The molecule has 0 bridgehead atoms. The fraction of sp³-hybridized carbons (Fsp3) is 0.556. The van der Waals surface area contributed by atoms with Crippen LogP contribution in [0.15, 0.2) is 31.0 Å². The molecule has 6 nitrogen and oxygen atoms in total. The van der Waals surface area contributed by atoms with Crippen molar-refractivity contribution in [1.29, 1.82) is 0 Å². The molecule has 0 unspecified atom stereocenters. The van der Waals surface area contributed by atoms with Crippen LogP contribution in [0.2, 0.25) is 0 Å². The molecule has 1 amide bonds. The van der Waals surface area contributed by atoms with Crippen LogP contribution in [0, 0.1) is 5.41 Å². The van der Waals surface area contributed by atoms with E-state index in [1.165, 1.54) is 38.4 Å². The molecule has 2 aromatic heterocycles. The van der Waals surface area contributed by atoms with Crippen LogP contribution < -0.4 is 0 Å². The molecule has 1 spiro atoms. The number of piperidine rings is 1. The maximum Gasteiger partial charge on any atom is 0.254 e. The highest BCUT2D eigenvalue weighted by Crippen LogP contribution is 2.44. The van der Waals surface area contributed by atoms with Gasteiger partial charge in [-0.25, -0.2) is 14.6 Å². The summed E-state index contributed by atoms with van der Waals surface area (Å²) in [4.78, 5) is 23.0. The van der Waals surface area contributed by atoms with Gasteiger partial charge >= 0.3 is 0 Å². The van der Waals surface area contributed by atoms with E-state index in [1.807, 2.05) is 4.90 Å². The third-order valence-corrected chi connectivity index (χ3v) is 5.67. The molecule has 126 valence electrons. The van der Waals surface area contributed by atoms with Crippen molar-refractivity contribution in [3.05, 3.63) is 36.5 Å².